The van der Waals surface area contributed by atoms with Crippen LogP contribution in [-0.4, -0.2) is 11.5 Å². The van der Waals surface area contributed by atoms with Crippen LogP contribution in [0.2, 0.25) is 0 Å². The van der Waals surface area contributed by atoms with Crippen LogP contribution in [0.3, 0.4) is 0 Å². The largest absolute Gasteiger partial charge is 0.162 e. The second-order valence-corrected chi connectivity index (χ2v) is 3.96. The van der Waals surface area contributed by atoms with Crippen LogP contribution in [0, 0.1) is 0 Å². The van der Waals surface area contributed by atoms with Crippen molar-refractivity contribution in [3.63, 3.8) is 0 Å². The van der Waals surface area contributed by atoms with Crippen LogP contribution in [0.1, 0.15) is 53.4 Å². The summed E-state index contributed by atoms with van der Waals surface area (Å²) in [5, 5.41) is 0. The van der Waals surface area contributed by atoms with Crippen LogP contribution in [-0.2, 0) is 0 Å². The van der Waals surface area contributed by atoms with Crippen molar-refractivity contribution >= 4 is 11.8 Å². The van der Waals surface area contributed by atoms with E-state index in [2.05, 4.69) is 39.5 Å². The van der Waals surface area contributed by atoms with Crippen molar-refractivity contribution in [2.45, 2.75) is 53.4 Å². The Morgan fingerprint density at radius 2 is 1.09 bits per heavy atom. The summed E-state index contributed by atoms with van der Waals surface area (Å²) in [6, 6.07) is 0. The predicted octanol–water partition coefficient (Wildman–Crippen LogP) is 4.35. The van der Waals surface area contributed by atoms with E-state index in [0.717, 1.165) is 0 Å². The van der Waals surface area contributed by atoms with Gasteiger partial charge in [-0.2, -0.15) is 11.8 Å². The molecule has 0 saturated carbocycles. The average Bonchev–Trinajstić information content (AvgIpc) is 2.44. The standard InChI is InChI=1S/C4H8S.2C3H8/c1-2-4-5-3-1;2*1-3-2/h1-4H2;2*3H2,1-2H3. The van der Waals surface area contributed by atoms with E-state index in [0.29, 0.717) is 0 Å². The lowest BCUT2D eigenvalue weighted by Gasteiger charge is -1.69. The van der Waals surface area contributed by atoms with Gasteiger partial charge in [-0.05, 0) is 24.3 Å². The Kier molecular flexibility index (Phi) is 21.2. The molecule has 11 heavy (non-hydrogen) atoms. The molecule has 0 aromatic rings. The predicted molar refractivity (Wildman–Crippen MR) is 58.5 cm³/mol. The van der Waals surface area contributed by atoms with Crippen molar-refractivity contribution in [1.82, 2.24) is 0 Å². The van der Waals surface area contributed by atoms with Gasteiger partial charge in [0.15, 0.2) is 0 Å². The highest BCUT2D eigenvalue weighted by molar-refractivity contribution is 7.99. The summed E-state index contributed by atoms with van der Waals surface area (Å²) in [4.78, 5) is 0. The molecule has 1 heteroatoms. The normalized spacial score (nSPS) is 14.2. The number of hydrogen-bond donors (Lipinski definition) is 0. The Morgan fingerprint density at radius 3 is 1.18 bits per heavy atom. The Labute approximate surface area is 77.2 Å². The van der Waals surface area contributed by atoms with Gasteiger partial charge in [-0.3, -0.25) is 0 Å². The first-order valence-corrected chi connectivity index (χ1v) is 6.06. The third-order valence-corrected chi connectivity index (χ3v) is 1.98. The van der Waals surface area contributed by atoms with E-state index < -0.39 is 0 Å². The summed E-state index contributed by atoms with van der Waals surface area (Å²) in [6.45, 7) is 8.50. The SMILES string of the molecule is C1CCSC1.CCC.CCC. The van der Waals surface area contributed by atoms with Crippen LogP contribution in [0.4, 0.5) is 0 Å². The first kappa shape index (κ1) is 13.9. The molecule has 0 nitrogen and oxygen atoms in total. The number of rotatable bonds is 0. The second-order valence-electron chi connectivity index (χ2n) is 2.73. The minimum Gasteiger partial charge on any atom is -0.162 e. The molecule has 0 aromatic carbocycles. The van der Waals surface area contributed by atoms with E-state index in [-0.39, 0.29) is 0 Å². The zero-order valence-corrected chi connectivity index (χ0v) is 9.47. The van der Waals surface area contributed by atoms with Gasteiger partial charge in [0.2, 0.25) is 0 Å². The lowest BCUT2D eigenvalue weighted by molar-refractivity contribution is 0.949. The molecular formula is C10H24S. The zero-order chi connectivity index (χ0) is 8.95. The molecule has 1 heterocycles. The van der Waals surface area contributed by atoms with Crippen LogP contribution in [0.25, 0.3) is 0 Å². The molecule has 0 spiro atoms. The van der Waals surface area contributed by atoms with Crippen LogP contribution in [0.5, 0.6) is 0 Å². The van der Waals surface area contributed by atoms with Crippen LogP contribution < -0.4 is 0 Å². The molecule has 0 amide bonds. The quantitative estimate of drug-likeness (QED) is 0.529. The van der Waals surface area contributed by atoms with Gasteiger partial charge in [0.25, 0.3) is 0 Å². The Hall–Kier alpha value is 0.350. The number of hydrogen-bond acceptors (Lipinski definition) is 1. The molecule has 70 valence electrons. The first-order valence-electron chi connectivity index (χ1n) is 4.91. The van der Waals surface area contributed by atoms with E-state index in [9.17, 15) is 0 Å². The molecule has 0 aliphatic carbocycles. The molecule has 0 bridgehead atoms. The highest BCUT2D eigenvalue weighted by Gasteiger charge is 1.95. The molecule has 0 aromatic heterocycles. The van der Waals surface area contributed by atoms with Crippen molar-refractivity contribution in [3.8, 4) is 0 Å². The maximum Gasteiger partial charge on any atom is -0.00672 e. The summed E-state index contributed by atoms with van der Waals surface area (Å²) in [5.41, 5.74) is 0. The highest BCUT2D eigenvalue weighted by Crippen LogP contribution is 2.14. The van der Waals surface area contributed by atoms with E-state index in [4.69, 9.17) is 0 Å². The van der Waals surface area contributed by atoms with E-state index >= 15 is 0 Å². The molecule has 1 aliphatic heterocycles. The molecule has 0 unspecified atom stereocenters. The van der Waals surface area contributed by atoms with Crippen LogP contribution >= 0.6 is 11.8 Å². The van der Waals surface area contributed by atoms with Gasteiger partial charge in [-0.1, -0.05) is 40.5 Å². The van der Waals surface area contributed by atoms with Gasteiger partial charge in [0, 0.05) is 0 Å². The minimum absolute atomic E-state index is 1.25. The molecule has 0 atom stereocenters. The Balaban J connectivity index is 0. The fraction of sp³-hybridized carbons (Fsp3) is 1.00. The van der Waals surface area contributed by atoms with Gasteiger partial charge in [-0.15, -0.1) is 0 Å². The molecular weight excluding hydrogens is 152 g/mol. The summed E-state index contributed by atoms with van der Waals surface area (Å²) in [6.07, 6.45) is 5.43. The second kappa shape index (κ2) is 16.7. The maximum absolute atomic E-state index is 2.12. The lowest BCUT2D eigenvalue weighted by atomic mass is 10.4. The lowest BCUT2D eigenvalue weighted by Crippen LogP contribution is -1.58. The van der Waals surface area contributed by atoms with Crippen molar-refractivity contribution in [1.29, 1.82) is 0 Å². The van der Waals surface area contributed by atoms with Crippen molar-refractivity contribution < 1.29 is 0 Å². The first-order chi connectivity index (χ1) is 5.33. The molecule has 0 radical (unpaired) electrons. The van der Waals surface area contributed by atoms with Gasteiger partial charge >= 0.3 is 0 Å². The van der Waals surface area contributed by atoms with Crippen molar-refractivity contribution in [2.75, 3.05) is 11.5 Å². The molecule has 1 fully saturated rings. The van der Waals surface area contributed by atoms with Crippen molar-refractivity contribution in [2.24, 2.45) is 0 Å². The van der Waals surface area contributed by atoms with Crippen LogP contribution in [0.15, 0.2) is 0 Å². The number of thioether (sulfide) groups is 1. The highest BCUT2D eigenvalue weighted by atomic mass is 32.2. The van der Waals surface area contributed by atoms with Gasteiger partial charge < -0.3 is 0 Å². The van der Waals surface area contributed by atoms with Gasteiger partial charge in [-0.25, -0.2) is 0 Å². The van der Waals surface area contributed by atoms with E-state index in [1.807, 2.05) is 0 Å². The smallest absolute Gasteiger partial charge is 0.00672 e. The molecule has 0 N–H and O–H groups in total. The average molecular weight is 176 g/mol. The third-order valence-electron chi connectivity index (χ3n) is 0.827. The monoisotopic (exact) mass is 176 g/mol. The summed E-state index contributed by atoms with van der Waals surface area (Å²) < 4.78 is 0. The Bertz CT molecular complexity index is 30.5. The fourth-order valence-corrected chi connectivity index (χ4v) is 1.53. The van der Waals surface area contributed by atoms with Gasteiger partial charge in [0.05, 0.1) is 0 Å². The third kappa shape index (κ3) is 25.2. The summed E-state index contributed by atoms with van der Waals surface area (Å²) in [7, 11) is 0. The van der Waals surface area contributed by atoms with Crippen molar-refractivity contribution in [3.05, 3.63) is 0 Å². The molecule has 1 aliphatic rings. The Morgan fingerprint density at radius 1 is 0.818 bits per heavy atom. The topological polar surface area (TPSA) is 0 Å². The van der Waals surface area contributed by atoms with Gasteiger partial charge in [0.1, 0.15) is 0 Å². The molecule has 1 rings (SSSR count). The molecule has 1 saturated heterocycles. The summed E-state index contributed by atoms with van der Waals surface area (Å²) in [5.74, 6) is 2.83. The van der Waals surface area contributed by atoms with E-state index in [1.54, 1.807) is 0 Å². The summed E-state index contributed by atoms with van der Waals surface area (Å²) >= 11 is 2.07. The maximum atomic E-state index is 2.12. The minimum atomic E-state index is 1.25. The fourth-order valence-electron chi connectivity index (χ4n) is 0.510. The zero-order valence-electron chi connectivity index (χ0n) is 8.65. The van der Waals surface area contributed by atoms with E-state index in [1.165, 1.54) is 37.2 Å².